The van der Waals surface area contributed by atoms with Gasteiger partial charge in [-0.25, -0.2) is 4.79 Å². The molecule has 22 heavy (non-hydrogen) atoms. The van der Waals surface area contributed by atoms with Crippen LogP contribution in [0.3, 0.4) is 0 Å². The molecule has 2 heteroatoms. The van der Waals surface area contributed by atoms with Crippen molar-refractivity contribution in [2.24, 2.45) is 22.7 Å². The smallest absolute Gasteiger partial charge is 0.328 e. The monoisotopic (exact) mass is 304 g/mol. The minimum absolute atomic E-state index is 0.316. The van der Waals surface area contributed by atoms with Crippen molar-refractivity contribution in [2.45, 2.75) is 73.1 Å². The van der Waals surface area contributed by atoms with Gasteiger partial charge in [0.15, 0.2) is 0 Å². The Hall–Kier alpha value is -1.05. The van der Waals surface area contributed by atoms with Crippen LogP contribution in [-0.2, 0) is 4.79 Å². The molecular weight excluding hydrogens is 272 g/mol. The second-order valence-electron chi connectivity index (χ2n) is 8.21. The average Bonchev–Trinajstić information content (AvgIpc) is 2.43. The fourth-order valence-electron chi connectivity index (χ4n) is 5.08. The highest BCUT2D eigenvalue weighted by Crippen LogP contribution is 2.61. The number of aliphatic carboxylic acids is 1. The largest absolute Gasteiger partial charge is 0.478 e. The summed E-state index contributed by atoms with van der Waals surface area (Å²) in [4.78, 5) is 10.8. The Balaban J connectivity index is 2.22. The summed E-state index contributed by atoms with van der Waals surface area (Å²) in [7, 11) is 0. The van der Waals surface area contributed by atoms with Crippen LogP contribution < -0.4 is 0 Å². The molecule has 0 aromatic carbocycles. The lowest BCUT2D eigenvalue weighted by molar-refractivity contribution is -0.131. The molecule has 0 radical (unpaired) electrons. The highest BCUT2D eigenvalue weighted by atomic mass is 16.4. The second kappa shape index (κ2) is 6.22. The van der Waals surface area contributed by atoms with Gasteiger partial charge in [-0.3, -0.25) is 0 Å². The molecule has 0 spiro atoms. The standard InChI is InChI=1S/C20H32O2/c1-14(13-18(21)22)9-11-19(4)16(3)10-12-20(5)15(2)7-6-8-17(19)20/h7,13,16-17H,6,8-12H2,1-5H3,(H,21,22)/b14-13+. The normalized spacial score (nSPS) is 39.1. The fraction of sp³-hybridized carbons (Fsp3) is 0.750. The van der Waals surface area contributed by atoms with Crippen LogP contribution in [0.4, 0.5) is 0 Å². The van der Waals surface area contributed by atoms with Crippen molar-refractivity contribution in [1.29, 1.82) is 0 Å². The van der Waals surface area contributed by atoms with Gasteiger partial charge in [0, 0.05) is 6.08 Å². The van der Waals surface area contributed by atoms with Crippen LogP contribution in [0.5, 0.6) is 0 Å². The van der Waals surface area contributed by atoms with Crippen molar-refractivity contribution in [2.75, 3.05) is 0 Å². The van der Waals surface area contributed by atoms with Crippen molar-refractivity contribution >= 4 is 5.97 Å². The van der Waals surface area contributed by atoms with Crippen LogP contribution in [0.15, 0.2) is 23.3 Å². The van der Waals surface area contributed by atoms with Gasteiger partial charge >= 0.3 is 5.97 Å². The minimum Gasteiger partial charge on any atom is -0.478 e. The Morgan fingerprint density at radius 1 is 1.41 bits per heavy atom. The van der Waals surface area contributed by atoms with Crippen molar-refractivity contribution in [3.63, 3.8) is 0 Å². The summed E-state index contributed by atoms with van der Waals surface area (Å²) < 4.78 is 0. The molecule has 2 aliphatic rings. The molecule has 0 aliphatic heterocycles. The van der Waals surface area contributed by atoms with Gasteiger partial charge in [-0.05, 0) is 75.0 Å². The van der Waals surface area contributed by atoms with Gasteiger partial charge in [-0.2, -0.15) is 0 Å². The van der Waals surface area contributed by atoms with Crippen LogP contribution in [0, 0.1) is 22.7 Å². The third-order valence-corrected chi connectivity index (χ3v) is 7.02. The van der Waals surface area contributed by atoms with Gasteiger partial charge < -0.3 is 5.11 Å². The molecular formula is C20H32O2. The van der Waals surface area contributed by atoms with E-state index < -0.39 is 5.97 Å². The lowest BCUT2D eigenvalue weighted by Gasteiger charge is -2.58. The van der Waals surface area contributed by atoms with Gasteiger partial charge in [-0.15, -0.1) is 0 Å². The van der Waals surface area contributed by atoms with E-state index in [0.717, 1.165) is 24.3 Å². The zero-order valence-electron chi connectivity index (χ0n) is 14.9. The number of carboxylic acids is 1. The lowest BCUT2D eigenvalue weighted by Crippen LogP contribution is -2.49. The van der Waals surface area contributed by atoms with Crippen molar-refractivity contribution in [3.05, 3.63) is 23.3 Å². The second-order valence-corrected chi connectivity index (χ2v) is 8.21. The lowest BCUT2D eigenvalue weighted by atomic mass is 9.47. The van der Waals surface area contributed by atoms with E-state index in [2.05, 4.69) is 33.8 Å². The molecule has 1 N–H and O–H groups in total. The third kappa shape index (κ3) is 3.02. The highest BCUT2D eigenvalue weighted by molar-refractivity contribution is 5.80. The fourth-order valence-corrected chi connectivity index (χ4v) is 5.08. The number of fused-ring (bicyclic) bond motifs is 1. The molecule has 124 valence electrons. The molecule has 0 aromatic rings. The molecule has 4 atom stereocenters. The zero-order valence-corrected chi connectivity index (χ0v) is 14.9. The topological polar surface area (TPSA) is 37.3 Å². The molecule has 0 saturated heterocycles. The molecule has 0 heterocycles. The molecule has 2 aliphatic carbocycles. The molecule has 2 nitrogen and oxygen atoms in total. The maximum absolute atomic E-state index is 10.8. The van der Waals surface area contributed by atoms with Crippen molar-refractivity contribution in [3.8, 4) is 0 Å². The molecule has 2 rings (SSSR count). The van der Waals surface area contributed by atoms with Gasteiger partial charge in [0.1, 0.15) is 0 Å². The molecule has 1 fully saturated rings. The maximum Gasteiger partial charge on any atom is 0.328 e. The summed E-state index contributed by atoms with van der Waals surface area (Å²) in [5, 5.41) is 8.92. The third-order valence-electron chi connectivity index (χ3n) is 7.02. The van der Waals surface area contributed by atoms with E-state index in [1.54, 1.807) is 5.57 Å². The SMILES string of the molecule is CC1=CCCC2C1(C)CCC(C)C2(C)CC/C(C)=C/C(=O)O. The molecule has 0 bridgehead atoms. The van der Waals surface area contributed by atoms with Gasteiger partial charge in [0.2, 0.25) is 0 Å². The summed E-state index contributed by atoms with van der Waals surface area (Å²) in [5.74, 6) is 0.626. The van der Waals surface area contributed by atoms with E-state index in [4.69, 9.17) is 5.11 Å². The molecule has 4 unspecified atom stereocenters. The first-order valence-corrected chi connectivity index (χ1v) is 8.77. The Morgan fingerprint density at radius 2 is 2.09 bits per heavy atom. The van der Waals surface area contributed by atoms with Gasteiger partial charge in [0.25, 0.3) is 0 Å². The number of hydrogen-bond donors (Lipinski definition) is 1. The van der Waals surface area contributed by atoms with E-state index in [-0.39, 0.29) is 0 Å². The van der Waals surface area contributed by atoms with Crippen molar-refractivity contribution in [1.82, 2.24) is 0 Å². The molecule has 0 amide bonds. The van der Waals surface area contributed by atoms with E-state index >= 15 is 0 Å². The summed E-state index contributed by atoms with van der Waals surface area (Å²) in [6, 6.07) is 0. The average molecular weight is 304 g/mol. The minimum atomic E-state index is -0.819. The summed E-state index contributed by atoms with van der Waals surface area (Å²) in [6.45, 7) is 11.6. The molecule has 1 saturated carbocycles. The Labute approximate surface area is 135 Å². The van der Waals surface area contributed by atoms with Crippen LogP contribution in [0.2, 0.25) is 0 Å². The predicted octanol–water partition coefficient (Wildman–Crippen LogP) is 5.60. The van der Waals surface area contributed by atoms with Gasteiger partial charge in [-0.1, -0.05) is 38.0 Å². The van der Waals surface area contributed by atoms with E-state index in [9.17, 15) is 4.79 Å². The van der Waals surface area contributed by atoms with E-state index in [1.165, 1.54) is 31.8 Å². The summed E-state index contributed by atoms with van der Waals surface area (Å²) in [5.41, 5.74) is 3.25. The number of hydrogen-bond acceptors (Lipinski definition) is 1. The van der Waals surface area contributed by atoms with Crippen molar-refractivity contribution < 1.29 is 9.90 Å². The summed E-state index contributed by atoms with van der Waals surface area (Å²) in [6.07, 6.45) is 10.9. The number of allylic oxidation sites excluding steroid dienone is 3. The Bertz CT molecular complexity index is 502. The maximum atomic E-state index is 10.8. The first-order valence-electron chi connectivity index (χ1n) is 8.77. The van der Waals surface area contributed by atoms with Crippen LogP contribution in [0.1, 0.15) is 73.1 Å². The zero-order chi connectivity index (χ0) is 16.5. The molecule has 0 aromatic heterocycles. The first-order chi connectivity index (χ1) is 10.2. The van der Waals surface area contributed by atoms with Crippen LogP contribution in [0.25, 0.3) is 0 Å². The van der Waals surface area contributed by atoms with Crippen LogP contribution >= 0.6 is 0 Å². The van der Waals surface area contributed by atoms with E-state index in [0.29, 0.717) is 16.7 Å². The Kier molecular flexibility index (Phi) is 4.89. The van der Waals surface area contributed by atoms with E-state index in [1.807, 2.05) is 6.92 Å². The summed E-state index contributed by atoms with van der Waals surface area (Å²) >= 11 is 0. The number of carbonyl (C=O) groups is 1. The highest BCUT2D eigenvalue weighted by Gasteiger charge is 2.52. The Morgan fingerprint density at radius 3 is 2.73 bits per heavy atom. The number of rotatable bonds is 4. The van der Waals surface area contributed by atoms with Gasteiger partial charge in [0.05, 0.1) is 0 Å². The predicted molar refractivity (Wildman–Crippen MR) is 91.7 cm³/mol. The quantitative estimate of drug-likeness (QED) is 0.542. The number of carboxylic acid groups (broad SMARTS) is 1. The first kappa shape index (κ1) is 17.3. The van der Waals surface area contributed by atoms with Crippen LogP contribution in [-0.4, -0.2) is 11.1 Å².